The molecule has 5 nitrogen and oxygen atoms in total. The van der Waals surface area contributed by atoms with E-state index in [2.05, 4.69) is 42.0 Å². The number of hydrogen-bond acceptors (Lipinski definition) is 5. The van der Waals surface area contributed by atoms with Crippen molar-refractivity contribution in [3.8, 4) is 10.8 Å². The average Bonchev–Trinajstić information content (AvgIpc) is 2.74. The molecular formula is C7H2Br2N2O3S. The highest BCUT2D eigenvalue weighted by atomic mass is 79.9. The molecule has 0 saturated carbocycles. The van der Waals surface area contributed by atoms with Crippen molar-refractivity contribution in [1.82, 2.24) is 10.1 Å². The molecule has 0 aliphatic carbocycles. The normalized spacial score (nSPS) is 10.5. The first-order valence-electron chi connectivity index (χ1n) is 3.60. The van der Waals surface area contributed by atoms with Crippen LogP contribution in [0.1, 0.15) is 10.6 Å². The number of halogens is 2. The van der Waals surface area contributed by atoms with E-state index in [1.807, 2.05) is 0 Å². The lowest BCUT2D eigenvalue weighted by Crippen LogP contribution is -1.97. The molecule has 15 heavy (non-hydrogen) atoms. The largest absolute Gasteiger partial charge is 0.475 e. The van der Waals surface area contributed by atoms with Crippen LogP contribution in [-0.2, 0) is 0 Å². The van der Waals surface area contributed by atoms with Crippen LogP contribution in [-0.4, -0.2) is 21.2 Å². The van der Waals surface area contributed by atoms with Gasteiger partial charge in [-0.05, 0) is 43.1 Å². The van der Waals surface area contributed by atoms with Gasteiger partial charge in [0.1, 0.15) is 0 Å². The fourth-order valence-electron chi connectivity index (χ4n) is 0.862. The quantitative estimate of drug-likeness (QED) is 0.897. The number of aromatic carboxylic acids is 1. The van der Waals surface area contributed by atoms with E-state index in [1.54, 1.807) is 6.07 Å². The Balaban J connectivity index is 2.41. The van der Waals surface area contributed by atoms with Crippen LogP contribution >= 0.6 is 43.2 Å². The molecule has 0 aromatic carbocycles. The topological polar surface area (TPSA) is 76.2 Å². The minimum Gasteiger partial charge on any atom is -0.475 e. The SMILES string of the molecule is O=C(O)c1noc(-c2cc(Br)c(Br)s2)n1. The van der Waals surface area contributed by atoms with Gasteiger partial charge in [0.25, 0.3) is 11.7 Å². The van der Waals surface area contributed by atoms with Crippen LogP contribution in [0.4, 0.5) is 0 Å². The smallest absolute Gasteiger partial charge is 0.377 e. The number of carbonyl (C=O) groups is 1. The molecule has 0 amide bonds. The second-order valence-corrected chi connectivity index (χ2v) is 5.69. The fraction of sp³-hybridized carbons (Fsp3) is 0. The molecule has 2 aromatic heterocycles. The van der Waals surface area contributed by atoms with Crippen LogP contribution in [0.15, 0.2) is 18.8 Å². The second-order valence-electron chi connectivity index (χ2n) is 2.46. The summed E-state index contributed by atoms with van der Waals surface area (Å²) in [6.45, 7) is 0. The Bertz CT molecular complexity index is 503. The highest BCUT2D eigenvalue weighted by Gasteiger charge is 2.16. The Morgan fingerprint density at radius 1 is 1.53 bits per heavy atom. The van der Waals surface area contributed by atoms with Crippen molar-refractivity contribution >= 4 is 49.2 Å². The van der Waals surface area contributed by atoms with Crippen LogP contribution in [0, 0.1) is 0 Å². The van der Waals surface area contributed by atoms with Gasteiger partial charge in [0.05, 0.1) is 8.66 Å². The number of thiophene rings is 1. The molecule has 0 radical (unpaired) electrons. The molecule has 0 bridgehead atoms. The first kappa shape index (κ1) is 10.8. The Labute approximate surface area is 104 Å². The van der Waals surface area contributed by atoms with E-state index in [0.29, 0.717) is 4.88 Å². The lowest BCUT2D eigenvalue weighted by Gasteiger charge is -1.82. The summed E-state index contributed by atoms with van der Waals surface area (Å²) in [5, 5.41) is 11.9. The highest BCUT2D eigenvalue weighted by Crippen LogP contribution is 2.37. The van der Waals surface area contributed by atoms with Gasteiger partial charge in [-0.2, -0.15) is 4.98 Å². The third kappa shape index (κ3) is 2.11. The van der Waals surface area contributed by atoms with Crippen molar-refractivity contribution in [3.63, 3.8) is 0 Å². The minimum atomic E-state index is -1.21. The lowest BCUT2D eigenvalue weighted by molar-refractivity contribution is 0.0680. The van der Waals surface area contributed by atoms with Gasteiger partial charge in [0.2, 0.25) is 0 Å². The second kappa shape index (κ2) is 4.03. The number of carboxylic acid groups (broad SMARTS) is 1. The Kier molecular flexibility index (Phi) is 2.89. The van der Waals surface area contributed by atoms with E-state index in [4.69, 9.17) is 9.63 Å². The number of hydrogen-bond donors (Lipinski definition) is 1. The minimum absolute atomic E-state index is 0.198. The number of rotatable bonds is 2. The van der Waals surface area contributed by atoms with Crippen molar-refractivity contribution in [2.75, 3.05) is 0 Å². The summed E-state index contributed by atoms with van der Waals surface area (Å²) in [6.07, 6.45) is 0. The first-order chi connectivity index (χ1) is 7.08. The third-order valence-corrected chi connectivity index (χ3v) is 4.72. The van der Waals surface area contributed by atoms with Crippen LogP contribution < -0.4 is 0 Å². The zero-order chi connectivity index (χ0) is 11.0. The molecule has 0 aliphatic heterocycles. The van der Waals surface area contributed by atoms with Gasteiger partial charge >= 0.3 is 5.97 Å². The van der Waals surface area contributed by atoms with Crippen LogP contribution in [0.2, 0.25) is 0 Å². The maximum absolute atomic E-state index is 10.5. The predicted octanol–water partition coefficient (Wildman–Crippen LogP) is 3.02. The molecule has 0 fully saturated rings. The van der Waals surface area contributed by atoms with Crippen LogP contribution in [0.3, 0.4) is 0 Å². The third-order valence-electron chi connectivity index (χ3n) is 1.47. The maximum atomic E-state index is 10.5. The maximum Gasteiger partial charge on any atom is 0.377 e. The summed E-state index contributed by atoms with van der Waals surface area (Å²) in [6, 6.07) is 1.77. The van der Waals surface area contributed by atoms with Crippen molar-refractivity contribution in [2.24, 2.45) is 0 Å². The zero-order valence-corrected chi connectivity index (χ0v) is 10.9. The van der Waals surface area contributed by atoms with Gasteiger partial charge in [-0.1, -0.05) is 0 Å². The van der Waals surface area contributed by atoms with Crippen LogP contribution in [0.5, 0.6) is 0 Å². The van der Waals surface area contributed by atoms with E-state index < -0.39 is 5.97 Å². The monoisotopic (exact) mass is 352 g/mol. The number of aromatic nitrogens is 2. The van der Waals surface area contributed by atoms with Gasteiger partial charge in [-0.15, -0.1) is 11.3 Å². The molecule has 78 valence electrons. The molecule has 2 heterocycles. The summed E-state index contributed by atoms with van der Waals surface area (Å²) < 4.78 is 6.55. The molecule has 0 spiro atoms. The molecule has 0 aliphatic rings. The molecular weight excluding hydrogens is 352 g/mol. The Morgan fingerprint density at radius 3 is 2.73 bits per heavy atom. The Hall–Kier alpha value is -0.730. The van der Waals surface area contributed by atoms with E-state index in [1.165, 1.54) is 11.3 Å². The van der Waals surface area contributed by atoms with Crippen molar-refractivity contribution in [1.29, 1.82) is 0 Å². The van der Waals surface area contributed by atoms with Gasteiger partial charge in [0, 0.05) is 4.47 Å². The van der Waals surface area contributed by atoms with Gasteiger partial charge < -0.3 is 9.63 Å². The molecule has 2 rings (SSSR count). The van der Waals surface area contributed by atoms with E-state index in [0.717, 1.165) is 8.26 Å². The van der Waals surface area contributed by atoms with Gasteiger partial charge in [0.15, 0.2) is 0 Å². The summed E-state index contributed by atoms with van der Waals surface area (Å²) >= 11 is 7.99. The lowest BCUT2D eigenvalue weighted by atomic mass is 10.5. The average molecular weight is 354 g/mol. The molecule has 0 atom stereocenters. The zero-order valence-electron chi connectivity index (χ0n) is 6.90. The standard InChI is InChI=1S/C7H2Br2N2O3S/c8-2-1-3(15-4(2)9)6-10-5(7(12)13)11-14-6/h1H,(H,12,13). The number of carboxylic acids is 1. The van der Waals surface area contributed by atoms with Crippen molar-refractivity contribution in [3.05, 3.63) is 20.1 Å². The summed E-state index contributed by atoms with van der Waals surface area (Å²) in [7, 11) is 0. The van der Waals surface area contributed by atoms with E-state index in [-0.39, 0.29) is 11.7 Å². The van der Waals surface area contributed by atoms with Crippen LogP contribution in [0.25, 0.3) is 10.8 Å². The Morgan fingerprint density at radius 2 is 2.27 bits per heavy atom. The van der Waals surface area contributed by atoms with Gasteiger partial charge in [-0.25, -0.2) is 4.79 Å². The molecule has 1 N–H and O–H groups in total. The molecule has 0 unspecified atom stereocenters. The summed E-state index contributed by atoms with van der Waals surface area (Å²) in [5.41, 5.74) is 0. The van der Waals surface area contributed by atoms with Gasteiger partial charge in [-0.3, -0.25) is 0 Å². The molecule has 8 heteroatoms. The fourth-order valence-corrected chi connectivity index (χ4v) is 2.82. The summed E-state index contributed by atoms with van der Waals surface area (Å²) in [4.78, 5) is 14.9. The van der Waals surface area contributed by atoms with E-state index in [9.17, 15) is 4.79 Å². The predicted molar refractivity (Wildman–Crippen MR) is 60.0 cm³/mol. The van der Waals surface area contributed by atoms with E-state index >= 15 is 0 Å². The molecule has 2 aromatic rings. The number of nitrogens with zero attached hydrogens (tertiary/aromatic N) is 2. The highest BCUT2D eigenvalue weighted by molar-refractivity contribution is 9.13. The summed E-state index contributed by atoms with van der Waals surface area (Å²) in [5.74, 6) is -1.35. The molecule has 0 saturated heterocycles. The van der Waals surface area contributed by atoms with Crippen molar-refractivity contribution < 1.29 is 14.4 Å². The van der Waals surface area contributed by atoms with Crippen molar-refractivity contribution in [2.45, 2.75) is 0 Å². The first-order valence-corrected chi connectivity index (χ1v) is 6.00.